The Kier molecular flexibility index (Phi) is 4.66. The van der Waals surface area contributed by atoms with E-state index in [1.54, 1.807) is 11.6 Å². The summed E-state index contributed by atoms with van der Waals surface area (Å²) in [7, 11) is 1.64. The fraction of sp³-hybridized carbons (Fsp3) is 0.0385. The van der Waals surface area contributed by atoms with Gasteiger partial charge in [-0.1, -0.05) is 72.8 Å². The average molecular weight is 402 g/mol. The molecule has 0 aliphatic heterocycles. The largest absolute Gasteiger partial charge is 0.497 e. The zero-order chi connectivity index (χ0) is 21.2. The van der Waals surface area contributed by atoms with Gasteiger partial charge >= 0.3 is 0 Å². The van der Waals surface area contributed by atoms with Crippen LogP contribution in [0.25, 0.3) is 39.4 Å². The van der Waals surface area contributed by atoms with E-state index in [9.17, 15) is 5.26 Å². The molecule has 148 valence electrons. The summed E-state index contributed by atoms with van der Waals surface area (Å²) in [5.41, 5.74) is 5.52. The van der Waals surface area contributed by atoms with Gasteiger partial charge in [-0.3, -0.25) is 0 Å². The van der Waals surface area contributed by atoms with Crippen LogP contribution in [0.4, 0.5) is 0 Å². The molecule has 5 rings (SSSR count). The lowest BCUT2D eigenvalue weighted by molar-refractivity contribution is 0.415. The minimum absolute atomic E-state index is 0.486. The van der Waals surface area contributed by atoms with Crippen LogP contribution in [-0.4, -0.2) is 21.7 Å². The molecule has 0 aliphatic rings. The lowest BCUT2D eigenvalue weighted by Gasteiger charge is -2.11. The van der Waals surface area contributed by atoms with Gasteiger partial charge in [-0.25, -0.2) is 9.50 Å². The van der Waals surface area contributed by atoms with Crippen molar-refractivity contribution in [3.05, 3.63) is 96.6 Å². The Bertz CT molecular complexity index is 1400. The van der Waals surface area contributed by atoms with Gasteiger partial charge in [0, 0.05) is 16.7 Å². The number of ether oxygens (including phenoxy) is 1. The first kappa shape index (κ1) is 18.6. The average Bonchev–Trinajstić information content (AvgIpc) is 3.29. The number of hydrogen-bond acceptors (Lipinski definition) is 4. The van der Waals surface area contributed by atoms with Gasteiger partial charge in [0.05, 0.1) is 12.8 Å². The zero-order valence-corrected chi connectivity index (χ0v) is 16.9. The van der Waals surface area contributed by atoms with Crippen molar-refractivity contribution in [2.45, 2.75) is 0 Å². The van der Waals surface area contributed by atoms with Crippen LogP contribution in [0.2, 0.25) is 0 Å². The van der Waals surface area contributed by atoms with E-state index in [0.29, 0.717) is 17.0 Å². The van der Waals surface area contributed by atoms with Crippen LogP contribution < -0.4 is 4.74 Å². The highest BCUT2D eigenvalue weighted by Gasteiger charge is 2.19. The Morgan fingerprint density at radius 3 is 2.06 bits per heavy atom. The molecule has 5 heteroatoms. The molecule has 0 atom stereocenters. The van der Waals surface area contributed by atoms with Crippen LogP contribution in [0.3, 0.4) is 0 Å². The minimum Gasteiger partial charge on any atom is -0.497 e. The maximum absolute atomic E-state index is 10.1. The number of nitrogens with zero attached hydrogens (tertiary/aromatic N) is 4. The molecule has 0 fully saturated rings. The van der Waals surface area contributed by atoms with Gasteiger partial charge in [0.2, 0.25) is 0 Å². The van der Waals surface area contributed by atoms with Gasteiger partial charge in [0.15, 0.2) is 11.5 Å². The van der Waals surface area contributed by atoms with E-state index in [1.807, 2.05) is 91.0 Å². The summed E-state index contributed by atoms with van der Waals surface area (Å²) in [4.78, 5) is 4.76. The molecule has 0 amide bonds. The molecule has 0 N–H and O–H groups in total. The van der Waals surface area contributed by atoms with E-state index in [0.717, 1.165) is 33.7 Å². The van der Waals surface area contributed by atoms with E-state index in [-0.39, 0.29) is 0 Å². The lowest BCUT2D eigenvalue weighted by atomic mass is 9.98. The number of pyridine rings is 1. The van der Waals surface area contributed by atoms with Crippen LogP contribution in [0.1, 0.15) is 5.56 Å². The smallest absolute Gasteiger partial charge is 0.182 e. The maximum Gasteiger partial charge on any atom is 0.182 e. The number of hydrogen-bond donors (Lipinski definition) is 0. The Morgan fingerprint density at radius 1 is 0.806 bits per heavy atom. The molecule has 0 spiro atoms. The van der Waals surface area contributed by atoms with Crippen LogP contribution in [0.5, 0.6) is 5.75 Å². The number of fused-ring (bicyclic) bond motifs is 1. The van der Waals surface area contributed by atoms with Gasteiger partial charge in [-0.2, -0.15) is 5.26 Å². The summed E-state index contributed by atoms with van der Waals surface area (Å²) < 4.78 is 7.05. The molecule has 5 nitrogen and oxygen atoms in total. The summed E-state index contributed by atoms with van der Waals surface area (Å²) in [6.07, 6.45) is 0. The quantitative estimate of drug-likeness (QED) is 0.392. The molecule has 2 heterocycles. The summed E-state index contributed by atoms with van der Waals surface area (Å²) in [6.45, 7) is 0. The third-order valence-corrected chi connectivity index (χ3v) is 5.22. The second-order valence-electron chi connectivity index (χ2n) is 7.06. The normalized spacial score (nSPS) is 10.7. The van der Waals surface area contributed by atoms with E-state index >= 15 is 0 Å². The number of methoxy groups -OCH3 is 1. The van der Waals surface area contributed by atoms with Crippen molar-refractivity contribution in [1.29, 1.82) is 5.26 Å². The van der Waals surface area contributed by atoms with E-state index in [1.165, 1.54) is 0 Å². The highest BCUT2D eigenvalue weighted by atomic mass is 16.5. The van der Waals surface area contributed by atoms with Gasteiger partial charge in [-0.15, -0.1) is 5.10 Å². The Hall–Kier alpha value is -4.43. The molecular weight excluding hydrogens is 384 g/mol. The standard InChI is InChI=1S/C26H18N4O/c1-31-21-14-12-18(13-15-21)22-16-24(19-8-4-2-5-9-19)30-26(23(22)17-27)28-25(29-30)20-10-6-3-7-11-20/h2-16H,1H3. The monoisotopic (exact) mass is 402 g/mol. The molecule has 0 radical (unpaired) electrons. The number of nitriles is 1. The SMILES string of the molecule is COc1ccc(-c2cc(-c3ccccc3)n3nc(-c4ccccc4)nc3c2C#N)cc1. The van der Waals surface area contributed by atoms with Gasteiger partial charge in [0.25, 0.3) is 0 Å². The first-order valence-electron chi connectivity index (χ1n) is 9.87. The fourth-order valence-electron chi connectivity index (χ4n) is 3.66. The highest BCUT2D eigenvalue weighted by Crippen LogP contribution is 2.33. The second-order valence-corrected chi connectivity index (χ2v) is 7.06. The van der Waals surface area contributed by atoms with Gasteiger partial charge in [-0.05, 0) is 23.8 Å². The Balaban J connectivity index is 1.82. The molecule has 31 heavy (non-hydrogen) atoms. The van der Waals surface area contributed by atoms with Gasteiger partial charge < -0.3 is 4.74 Å². The highest BCUT2D eigenvalue weighted by molar-refractivity contribution is 5.83. The van der Waals surface area contributed by atoms with Crippen LogP contribution >= 0.6 is 0 Å². The summed E-state index contributed by atoms with van der Waals surface area (Å²) in [5.74, 6) is 1.35. The molecule has 0 unspecified atom stereocenters. The number of aromatic nitrogens is 3. The summed E-state index contributed by atoms with van der Waals surface area (Å²) >= 11 is 0. The summed E-state index contributed by atoms with van der Waals surface area (Å²) in [5, 5.41) is 14.8. The second kappa shape index (κ2) is 7.77. The molecule has 5 aromatic rings. The molecule has 2 aromatic heterocycles. The van der Waals surface area contributed by atoms with Gasteiger partial charge in [0.1, 0.15) is 17.4 Å². The fourth-order valence-corrected chi connectivity index (χ4v) is 3.66. The van der Waals surface area contributed by atoms with Crippen molar-refractivity contribution in [2.75, 3.05) is 7.11 Å². The Labute approximate surface area is 179 Å². The van der Waals surface area contributed by atoms with Crippen molar-refractivity contribution in [1.82, 2.24) is 14.6 Å². The van der Waals surface area contributed by atoms with Crippen molar-refractivity contribution in [3.63, 3.8) is 0 Å². The lowest BCUT2D eigenvalue weighted by Crippen LogP contribution is -1.99. The first-order chi connectivity index (χ1) is 15.3. The van der Waals surface area contributed by atoms with Crippen molar-refractivity contribution in [3.8, 4) is 45.6 Å². The number of rotatable bonds is 4. The third kappa shape index (κ3) is 3.30. The van der Waals surface area contributed by atoms with Crippen molar-refractivity contribution in [2.24, 2.45) is 0 Å². The van der Waals surface area contributed by atoms with Crippen LogP contribution in [0.15, 0.2) is 91.0 Å². The molecule has 0 saturated heterocycles. The Morgan fingerprint density at radius 2 is 1.45 bits per heavy atom. The molecule has 0 bridgehead atoms. The predicted octanol–water partition coefficient (Wildman–Crippen LogP) is 5.61. The maximum atomic E-state index is 10.1. The first-order valence-corrected chi connectivity index (χ1v) is 9.87. The van der Waals surface area contributed by atoms with Crippen molar-refractivity contribution < 1.29 is 4.74 Å². The summed E-state index contributed by atoms with van der Waals surface area (Å²) in [6, 6.07) is 31.9. The third-order valence-electron chi connectivity index (χ3n) is 5.22. The molecule has 3 aromatic carbocycles. The van der Waals surface area contributed by atoms with Crippen LogP contribution in [0, 0.1) is 11.3 Å². The van der Waals surface area contributed by atoms with E-state index in [2.05, 4.69) is 6.07 Å². The van der Waals surface area contributed by atoms with Crippen molar-refractivity contribution >= 4 is 5.65 Å². The van der Waals surface area contributed by atoms with E-state index < -0.39 is 0 Å². The topological polar surface area (TPSA) is 63.2 Å². The minimum atomic E-state index is 0.486. The molecular formula is C26H18N4O. The number of benzene rings is 3. The van der Waals surface area contributed by atoms with Crippen LogP contribution in [-0.2, 0) is 0 Å². The van der Waals surface area contributed by atoms with E-state index in [4.69, 9.17) is 14.8 Å². The zero-order valence-electron chi connectivity index (χ0n) is 16.9. The molecule has 0 aliphatic carbocycles. The predicted molar refractivity (Wildman–Crippen MR) is 121 cm³/mol. The molecule has 0 saturated carbocycles.